The van der Waals surface area contributed by atoms with E-state index in [4.69, 9.17) is 50.1 Å². The van der Waals surface area contributed by atoms with Crippen molar-refractivity contribution in [2.45, 2.75) is 82.6 Å². The summed E-state index contributed by atoms with van der Waals surface area (Å²) in [5.41, 5.74) is 11.8. The molecular formula is C81H95Cl3N18O3. The van der Waals surface area contributed by atoms with Gasteiger partial charge >= 0.3 is 0 Å². The van der Waals surface area contributed by atoms with E-state index in [2.05, 4.69) is 58.9 Å². The van der Waals surface area contributed by atoms with E-state index in [0.717, 1.165) is 97.7 Å². The molecule has 105 heavy (non-hydrogen) atoms. The minimum atomic E-state index is -0.00423. The van der Waals surface area contributed by atoms with Gasteiger partial charge in [0.1, 0.15) is 53.8 Å². The van der Waals surface area contributed by atoms with Gasteiger partial charge in [0, 0.05) is 104 Å². The fourth-order valence-electron chi connectivity index (χ4n) is 12.8. The third-order valence-electron chi connectivity index (χ3n) is 18.4. The lowest BCUT2D eigenvalue weighted by atomic mass is 10.1. The monoisotopic (exact) mass is 1470 g/mol. The molecule has 0 saturated carbocycles. The van der Waals surface area contributed by atoms with Crippen molar-refractivity contribution in [2.75, 3.05) is 86.6 Å². The Hall–Kier alpha value is -10.3. The second-order valence-electron chi connectivity index (χ2n) is 25.3. The number of likely N-dealkylation sites (N-methyl/N-ethyl adjacent to an activating group) is 2. The number of carbonyl (C=O) groups is 3. The highest BCUT2D eigenvalue weighted by Gasteiger charge is 2.31. The van der Waals surface area contributed by atoms with Gasteiger partial charge in [-0.2, -0.15) is 15.3 Å². The highest BCUT2D eigenvalue weighted by atomic mass is 35.5. The SMILES string of the molecule is C.C.C.C.C.C=C(C)N1CCN(C(=O)Cn2nc(-c3ccccc3)c3c(Cl)c(-c4ccccc4)nnc32)CC1.CN(C)C1CCN(C(=O)Cn2nc(-c3ccccc3)c3c(Cl)c(-c4ccccc4)nnc32)C1.CN1CCCN(C(=O)Cn2nc(-c3ccccc3)c3c(Cl)c(-c4ccccc4)nnc32)CC1. The number of aromatic nitrogens is 12. The maximum absolute atomic E-state index is 13.2. The van der Waals surface area contributed by atoms with Crippen molar-refractivity contribution in [1.82, 2.24) is 89.3 Å². The number of hydrogen-bond acceptors (Lipinski definition) is 15. The number of fused-ring (bicyclic) bond motifs is 3. The molecule has 0 spiro atoms. The van der Waals surface area contributed by atoms with Gasteiger partial charge in [0.05, 0.1) is 31.2 Å². The zero-order valence-corrected chi connectivity index (χ0v) is 58.4. The molecule has 24 heteroatoms. The van der Waals surface area contributed by atoms with Crippen molar-refractivity contribution in [3.8, 4) is 67.5 Å². The number of hydrogen-bond donors (Lipinski definition) is 0. The van der Waals surface area contributed by atoms with Crippen LogP contribution in [-0.2, 0) is 34.0 Å². The van der Waals surface area contributed by atoms with Crippen molar-refractivity contribution in [3.05, 3.63) is 209 Å². The third-order valence-corrected chi connectivity index (χ3v) is 19.5. The van der Waals surface area contributed by atoms with Crippen LogP contribution < -0.4 is 0 Å². The smallest absolute Gasteiger partial charge is 0.244 e. The Morgan fingerprint density at radius 1 is 0.390 bits per heavy atom. The Labute approximate surface area is 631 Å². The van der Waals surface area contributed by atoms with Crippen LogP contribution in [0.5, 0.6) is 0 Å². The van der Waals surface area contributed by atoms with Crippen LogP contribution in [0.25, 0.3) is 101 Å². The van der Waals surface area contributed by atoms with Crippen molar-refractivity contribution in [1.29, 1.82) is 0 Å². The standard InChI is InChI=1S/C26H25ClN6O.2C25H25ClN6O.5CH4/c1-18(2)31-13-15-32(16-14-31)21(34)17-33-26-22(24(30-33)19-9-5-3-6-10-19)23(27)25(28-29-26)20-11-7-4-8-12-20;1-30(2)19-13-14-31(15-19)20(33)16-32-25-21(23(29-32)17-9-5-3-6-10-17)22(26)24(27-28-25)18-11-7-4-8-12-18;1-30-13-8-14-31(16-15-30)20(33)17-32-25-21(23(29-32)18-9-4-2-5-10-18)22(26)24(27-28-25)19-11-6-3-7-12-19;;;;;/h3-12H,1,13-17H2,2H3;3-12,19H,13-16H2,1-2H3;2-7,9-12H,8,13-17H2,1H3;5*1H4. The van der Waals surface area contributed by atoms with Crippen molar-refractivity contribution in [3.63, 3.8) is 0 Å². The van der Waals surface area contributed by atoms with Gasteiger partial charge in [0.25, 0.3) is 0 Å². The third kappa shape index (κ3) is 17.8. The summed E-state index contributed by atoms with van der Waals surface area (Å²) in [4.78, 5) is 51.7. The van der Waals surface area contributed by atoms with Crippen molar-refractivity contribution in [2.24, 2.45) is 0 Å². The van der Waals surface area contributed by atoms with E-state index in [-0.39, 0.29) is 74.5 Å². The Bertz CT molecular complexity index is 4880. The summed E-state index contributed by atoms with van der Waals surface area (Å²) in [7, 11) is 6.18. The first-order valence-corrected chi connectivity index (χ1v) is 34.5. The highest BCUT2D eigenvalue weighted by molar-refractivity contribution is 6.40. The molecule has 3 aliphatic rings. The van der Waals surface area contributed by atoms with Gasteiger partial charge in [-0.3, -0.25) is 14.4 Å². The maximum Gasteiger partial charge on any atom is 0.244 e. The van der Waals surface area contributed by atoms with Gasteiger partial charge < -0.3 is 29.4 Å². The van der Waals surface area contributed by atoms with Crippen LogP contribution in [0.4, 0.5) is 0 Å². The van der Waals surface area contributed by atoms with E-state index in [0.29, 0.717) is 108 Å². The normalized spacial score (nSPS) is 14.3. The van der Waals surface area contributed by atoms with E-state index in [9.17, 15) is 14.4 Å². The Morgan fingerprint density at radius 2 is 0.676 bits per heavy atom. The summed E-state index contributed by atoms with van der Waals surface area (Å²) in [6.07, 6.45) is 1.93. The van der Waals surface area contributed by atoms with Crippen molar-refractivity contribution >= 4 is 85.6 Å². The number of carbonyl (C=O) groups excluding carboxylic acids is 3. The first-order chi connectivity index (χ1) is 48.7. The fourth-order valence-corrected chi connectivity index (χ4v) is 13.8. The first-order valence-electron chi connectivity index (χ1n) is 33.4. The van der Waals surface area contributed by atoms with Gasteiger partial charge in [-0.05, 0) is 47.5 Å². The molecule has 0 radical (unpaired) electrons. The Morgan fingerprint density at radius 3 is 0.981 bits per heavy atom. The quantitative estimate of drug-likeness (QED) is 0.0994. The van der Waals surface area contributed by atoms with Crippen LogP contribution in [0.3, 0.4) is 0 Å². The molecule has 0 aliphatic carbocycles. The van der Waals surface area contributed by atoms with Crippen LogP contribution in [0.15, 0.2) is 194 Å². The van der Waals surface area contributed by atoms with E-state index in [1.54, 1.807) is 14.0 Å². The van der Waals surface area contributed by atoms with Crippen LogP contribution in [0, 0.1) is 0 Å². The zero-order chi connectivity index (χ0) is 69.4. The molecule has 6 aromatic heterocycles. The number of benzene rings is 6. The molecule has 3 saturated heterocycles. The number of halogens is 3. The molecule has 0 bridgehead atoms. The summed E-state index contributed by atoms with van der Waals surface area (Å²) < 4.78 is 4.90. The minimum Gasteiger partial charge on any atom is -0.372 e. The van der Waals surface area contributed by atoms with E-state index < -0.39 is 0 Å². The van der Waals surface area contributed by atoms with Crippen LogP contribution in [0.2, 0.25) is 15.1 Å². The molecule has 3 aliphatic heterocycles. The summed E-state index contributed by atoms with van der Waals surface area (Å²) in [5.74, 6) is 0.0447. The average Bonchev–Trinajstić information content (AvgIpc) is 1.63. The van der Waals surface area contributed by atoms with Crippen LogP contribution in [-0.4, -0.2) is 200 Å². The lowest BCUT2D eigenvalue weighted by molar-refractivity contribution is -0.133. The van der Waals surface area contributed by atoms with E-state index in [1.165, 1.54) is 0 Å². The number of nitrogens with zero attached hydrogens (tertiary/aromatic N) is 18. The summed E-state index contributed by atoms with van der Waals surface area (Å²) in [5, 5.41) is 44.6. The average molecular weight is 1480 g/mol. The minimum absolute atomic E-state index is 0. The number of likely N-dealkylation sites (tertiary alicyclic amines) is 1. The molecule has 0 N–H and O–H groups in total. The molecule has 21 nitrogen and oxygen atoms in total. The van der Waals surface area contributed by atoms with Crippen LogP contribution >= 0.6 is 34.8 Å². The van der Waals surface area contributed by atoms with Crippen LogP contribution in [0.1, 0.15) is 56.9 Å². The fraction of sp³-hybridized carbons (Fsp3) is 0.309. The Balaban J connectivity index is 0.000000195. The molecule has 548 valence electrons. The Kier molecular flexibility index (Phi) is 27.9. The van der Waals surface area contributed by atoms with E-state index in [1.807, 2.05) is 218 Å². The predicted molar refractivity (Wildman–Crippen MR) is 428 cm³/mol. The molecule has 9 heterocycles. The van der Waals surface area contributed by atoms with E-state index >= 15 is 0 Å². The summed E-state index contributed by atoms with van der Waals surface area (Å²) in [6, 6.07) is 59.0. The van der Waals surface area contributed by atoms with Gasteiger partial charge in [0.2, 0.25) is 17.7 Å². The molecule has 6 aromatic carbocycles. The number of allylic oxidation sites excluding steroid dienone is 1. The van der Waals surface area contributed by atoms with Gasteiger partial charge in [-0.25, -0.2) is 14.0 Å². The highest BCUT2D eigenvalue weighted by Crippen LogP contribution is 2.41. The second-order valence-corrected chi connectivity index (χ2v) is 26.4. The molecule has 12 aromatic rings. The largest absolute Gasteiger partial charge is 0.372 e. The van der Waals surface area contributed by atoms with Gasteiger partial charge in [0.15, 0.2) is 16.9 Å². The molecule has 1 unspecified atom stereocenters. The maximum atomic E-state index is 13.2. The van der Waals surface area contributed by atoms with Gasteiger partial charge in [-0.1, -0.05) is 261 Å². The number of rotatable bonds is 14. The summed E-state index contributed by atoms with van der Waals surface area (Å²) in [6.45, 7) is 13.9. The first kappa shape index (κ1) is 80.4. The molecule has 3 fully saturated rings. The zero-order valence-electron chi connectivity index (χ0n) is 56.1. The number of piperazine rings is 1. The van der Waals surface area contributed by atoms with Crippen molar-refractivity contribution < 1.29 is 14.4 Å². The molecule has 3 amide bonds. The summed E-state index contributed by atoms with van der Waals surface area (Å²) >= 11 is 20.7. The topological polar surface area (TPSA) is 201 Å². The lowest BCUT2D eigenvalue weighted by Gasteiger charge is -2.36. The second kappa shape index (κ2) is 36.4. The molecule has 15 rings (SSSR count). The lowest BCUT2D eigenvalue weighted by Crippen LogP contribution is -2.48. The number of amides is 3. The molecular weight excluding hydrogens is 1380 g/mol. The van der Waals surface area contributed by atoms with Gasteiger partial charge in [-0.15, -0.1) is 30.6 Å². The predicted octanol–water partition coefficient (Wildman–Crippen LogP) is 15.6. The molecule has 1 atom stereocenters.